The smallest absolute Gasteiger partial charge is 0.247 e. The van der Waals surface area contributed by atoms with Gasteiger partial charge in [0.25, 0.3) is 0 Å². The van der Waals surface area contributed by atoms with Crippen molar-refractivity contribution in [2.75, 3.05) is 31.3 Å². The van der Waals surface area contributed by atoms with Gasteiger partial charge in [-0.2, -0.15) is 0 Å². The minimum absolute atomic E-state index is 0. The lowest BCUT2D eigenvalue weighted by atomic mass is 9.85. The van der Waals surface area contributed by atoms with Gasteiger partial charge in [-0.1, -0.05) is 39.0 Å². The van der Waals surface area contributed by atoms with Crippen molar-refractivity contribution in [3.05, 3.63) is 48.3 Å². The van der Waals surface area contributed by atoms with Gasteiger partial charge in [-0.15, -0.1) is 12.4 Å². The monoisotopic (exact) mass is 611 g/mol. The molecule has 1 aliphatic rings. The van der Waals surface area contributed by atoms with Crippen LogP contribution in [0, 0.1) is 12.3 Å². The average Bonchev–Trinajstić information content (AvgIpc) is 3.46. The summed E-state index contributed by atoms with van der Waals surface area (Å²) in [7, 11) is 3.21. The lowest BCUT2D eigenvalue weighted by molar-refractivity contribution is -0.143. The minimum Gasteiger partial charge on any atom is -0.494 e. The fourth-order valence-corrected chi connectivity index (χ4v) is 5.02. The fraction of sp³-hybridized carbons (Fsp3) is 0.452. The molecule has 1 saturated heterocycles. The van der Waals surface area contributed by atoms with Gasteiger partial charge in [-0.05, 0) is 56.8 Å². The van der Waals surface area contributed by atoms with E-state index in [1.165, 1.54) is 13.4 Å². The third-order valence-electron chi connectivity index (χ3n) is 7.68. The van der Waals surface area contributed by atoms with Crippen molar-refractivity contribution >= 4 is 58.2 Å². The number of hydrogen-bond acceptors (Lipinski definition) is 8. The van der Waals surface area contributed by atoms with Crippen molar-refractivity contribution in [1.82, 2.24) is 25.5 Å². The molecule has 232 valence electrons. The van der Waals surface area contributed by atoms with Gasteiger partial charge in [0.2, 0.25) is 17.7 Å². The average molecular weight is 612 g/mol. The first kappa shape index (κ1) is 33.5. The molecule has 2 heterocycles. The molecular weight excluding hydrogens is 570 g/mol. The second kappa shape index (κ2) is 14.0. The van der Waals surface area contributed by atoms with E-state index >= 15 is 0 Å². The lowest BCUT2D eigenvalue weighted by Crippen LogP contribution is -2.59. The zero-order valence-corrected chi connectivity index (χ0v) is 26.6. The van der Waals surface area contributed by atoms with Crippen LogP contribution in [0.5, 0.6) is 5.75 Å². The molecule has 0 radical (unpaired) electrons. The molecule has 1 unspecified atom stereocenters. The number of methoxy groups -OCH3 is 1. The zero-order chi connectivity index (χ0) is 30.6. The summed E-state index contributed by atoms with van der Waals surface area (Å²) in [6.07, 6.45) is 2.66. The van der Waals surface area contributed by atoms with E-state index in [0.717, 1.165) is 11.3 Å². The quantitative estimate of drug-likeness (QED) is 0.283. The molecule has 3 aromatic rings. The first-order valence-electron chi connectivity index (χ1n) is 14.2. The predicted octanol–water partition coefficient (Wildman–Crippen LogP) is 4.18. The summed E-state index contributed by atoms with van der Waals surface area (Å²) >= 11 is 0. The molecule has 0 aliphatic carbocycles. The van der Waals surface area contributed by atoms with E-state index < -0.39 is 23.5 Å². The molecule has 1 aliphatic heterocycles. The van der Waals surface area contributed by atoms with Crippen molar-refractivity contribution < 1.29 is 19.1 Å². The van der Waals surface area contributed by atoms with Crippen molar-refractivity contribution in [3.8, 4) is 5.75 Å². The second-order valence-electron chi connectivity index (χ2n) is 11.7. The van der Waals surface area contributed by atoms with Gasteiger partial charge in [-0.3, -0.25) is 14.4 Å². The van der Waals surface area contributed by atoms with E-state index in [1.54, 1.807) is 31.0 Å². The number of anilines is 3. The molecule has 43 heavy (non-hydrogen) atoms. The summed E-state index contributed by atoms with van der Waals surface area (Å²) in [6.45, 7) is 9.86. The molecule has 2 aromatic carbocycles. The Hall–Kier alpha value is -3.96. The maximum absolute atomic E-state index is 13.8. The molecule has 4 N–H and O–H groups in total. The highest BCUT2D eigenvalue weighted by Crippen LogP contribution is 2.34. The first-order valence-corrected chi connectivity index (χ1v) is 14.2. The largest absolute Gasteiger partial charge is 0.494 e. The van der Waals surface area contributed by atoms with Crippen LogP contribution in [0.25, 0.3) is 10.9 Å². The summed E-state index contributed by atoms with van der Waals surface area (Å²) < 4.78 is 5.60. The van der Waals surface area contributed by atoms with Crippen molar-refractivity contribution in [3.63, 3.8) is 0 Å². The zero-order valence-electron chi connectivity index (χ0n) is 25.8. The highest BCUT2D eigenvalue weighted by Gasteiger charge is 2.42. The van der Waals surface area contributed by atoms with Crippen LogP contribution in [0.2, 0.25) is 0 Å². The molecule has 1 fully saturated rings. The molecule has 0 bridgehead atoms. The lowest BCUT2D eigenvalue weighted by Gasteiger charge is -2.36. The topological polar surface area (TPSA) is 138 Å². The summed E-state index contributed by atoms with van der Waals surface area (Å²) in [4.78, 5) is 50.6. The van der Waals surface area contributed by atoms with Gasteiger partial charge in [-0.25, -0.2) is 9.97 Å². The number of hydrogen-bond donors (Lipinski definition) is 4. The summed E-state index contributed by atoms with van der Waals surface area (Å²) in [5.41, 5.74) is 2.49. The van der Waals surface area contributed by atoms with Crippen LogP contribution in [0.3, 0.4) is 0 Å². The first-order chi connectivity index (χ1) is 19.9. The third kappa shape index (κ3) is 7.52. The number of carbonyl (C=O) groups is 3. The minimum atomic E-state index is -0.795. The van der Waals surface area contributed by atoms with Crippen molar-refractivity contribution in [2.24, 2.45) is 5.41 Å². The number of ether oxygens (including phenoxy) is 1. The van der Waals surface area contributed by atoms with Crippen LogP contribution in [0.1, 0.15) is 46.1 Å². The third-order valence-corrected chi connectivity index (χ3v) is 7.68. The molecule has 0 saturated carbocycles. The standard InChI is InChI=1S/C31H41N7O4.ClH/c1-18-11-8-9-12-21(18)35-27-20-15-23(25(42-7)16-22(20)33-17-34-27)36-29(40)24-13-10-14-38(24)30(41)26(31(3,4)5)37-28(39)19(2)32-6;/h8-9,11-12,15-17,19,24,26,32H,10,13-14H2,1-7H3,(H,36,40)(H,37,39)(H,33,34,35);1H/t19-,24?,26+;/m0./s1. The van der Waals surface area contributed by atoms with Gasteiger partial charge in [0.05, 0.1) is 24.4 Å². The Morgan fingerprint density at radius 2 is 1.81 bits per heavy atom. The van der Waals surface area contributed by atoms with Crippen LogP contribution >= 0.6 is 12.4 Å². The van der Waals surface area contributed by atoms with E-state index in [1.807, 2.05) is 52.0 Å². The van der Waals surface area contributed by atoms with Gasteiger partial charge < -0.3 is 30.9 Å². The van der Waals surface area contributed by atoms with Gasteiger partial charge in [0.15, 0.2) is 0 Å². The van der Waals surface area contributed by atoms with Crippen LogP contribution in [-0.4, -0.2) is 71.4 Å². The number of carbonyl (C=O) groups excluding carboxylic acids is 3. The van der Waals surface area contributed by atoms with E-state index in [2.05, 4.69) is 31.2 Å². The number of amides is 3. The number of likely N-dealkylation sites (tertiary alicyclic amines) is 1. The number of aryl methyl sites for hydroxylation is 1. The number of fused-ring (bicyclic) bond motifs is 1. The summed E-state index contributed by atoms with van der Waals surface area (Å²) in [5.74, 6) is 0.147. The second-order valence-corrected chi connectivity index (χ2v) is 11.7. The number of nitrogens with zero attached hydrogens (tertiary/aromatic N) is 3. The normalized spacial score (nSPS) is 16.2. The number of aromatic nitrogens is 2. The van der Waals surface area contributed by atoms with E-state index in [-0.39, 0.29) is 30.1 Å². The van der Waals surface area contributed by atoms with Gasteiger partial charge in [0, 0.05) is 23.7 Å². The predicted molar refractivity (Wildman–Crippen MR) is 171 cm³/mol. The van der Waals surface area contributed by atoms with Crippen LogP contribution in [0.4, 0.5) is 17.2 Å². The molecule has 11 nitrogen and oxygen atoms in total. The summed E-state index contributed by atoms with van der Waals surface area (Å²) in [6, 6.07) is 9.46. The molecular formula is C31H42ClN7O4. The number of halogens is 1. The summed E-state index contributed by atoms with van der Waals surface area (Å²) in [5, 5.41) is 12.9. The van der Waals surface area contributed by atoms with Crippen molar-refractivity contribution in [1.29, 1.82) is 0 Å². The van der Waals surface area contributed by atoms with Crippen molar-refractivity contribution in [2.45, 2.75) is 65.6 Å². The number of rotatable bonds is 9. The Labute approximate surface area is 259 Å². The Morgan fingerprint density at radius 1 is 1.09 bits per heavy atom. The molecule has 4 rings (SSSR count). The van der Waals surface area contributed by atoms with Crippen LogP contribution < -0.4 is 26.0 Å². The maximum Gasteiger partial charge on any atom is 0.247 e. The van der Waals surface area contributed by atoms with E-state index in [9.17, 15) is 14.4 Å². The van der Waals surface area contributed by atoms with E-state index in [0.29, 0.717) is 47.5 Å². The Kier molecular flexibility index (Phi) is 10.9. The van der Waals surface area contributed by atoms with Gasteiger partial charge >= 0.3 is 0 Å². The highest BCUT2D eigenvalue weighted by atomic mass is 35.5. The van der Waals surface area contributed by atoms with Crippen LogP contribution in [-0.2, 0) is 14.4 Å². The molecule has 0 spiro atoms. The van der Waals surface area contributed by atoms with E-state index in [4.69, 9.17) is 4.74 Å². The van der Waals surface area contributed by atoms with Crippen LogP contribution in [0.15, 0.2) is 42.7 Å². The number of benzene rings is 2. The number of para-hydroxylation sites is 1. The molecule has 12 heteroatoms. The Morgan fingerprint density at radius 3 is 2.47 bits per heavy atom. The number of likely N-dealkylation sites (N-methyl/N-ethyl adjacent to an activating group) is 1. The highest BCUT2D eigenvalue weighted by molar-refractivity contribution is 6.03. The Balaban J connectivity index is 0.00000506. The molecule has 3 atom stereocenters. The maximum atomic E-state index is 13.8. The molecule has 3 amide bonds. The Bertz CT molecular complexity index is 1480. The fourth-order valence-electron chi connectivity index (χ4n) is 5.02. The SMILES string of the molecule is CN[C@@H](C)C(=O)N[C@H](C(=O)N1CCCC1C(=O)Nc1cc2c(Nc3ccccc3C)ncnc2cc1OC)C(C)(C)C.Cl. The molecule has 1 aromatic heterocycles. The number of nitrogens with one attached hydrogen (secondary N) is 4. The van der Waals surface area contributed by atoms with Gasteiger partial charge in [0.1, 0.15) is 30.0 Å².